The standard InChI is InChI=1S/C7H3Br2NO/c8-5-6-4(11-7(5)9)2-1-3-10-6/h1-3H. The molecule has 0 unspecified atom stereocenters. The van der Waals surface area contributed by atoms with Crippen LogP contribution in [-0.4, -0.2) is 4.98 Å². The molecule has 0 aromatic carbocycles. The first-order valence-corrected chi connectivity index (χ1v) is 4.56. The van der Waals surface area contributed by atoms with E-state index in [9.17, 15) is 0 Å². The first-order chi connectivity index (χ1) is 5.29. The quantitative estimate of drug-likeness (QED) is 0.738. The Morgan fingerprint density at radius 1 is 1.36 bits per heavy atom. The first kappa shape index (κ1) is 7.31. The molecule has 0 spiro atoms. The fourth-order valence-electron chi connectivity index (χ4n) is 0.872. The van der Waals surface area contributed by atoms with Crippen LogP contribution in [0.25, 0.3) is 11.1 Å². The summed E-state index contributed by atoms with van der Waals surface area (Å²) in [6.07, 6.45) is 1.73. The lowest BCUT2D eigenvalue weighted by molar-refractivity contribution is 0.584. The van der Waals surface area contributed by atoms with Crippen molar-refractivity contribution in [1.82, 2.24) is 4.98 Å². The van der Waals surface area contributed by atoms with Crippen LogP contribution in [0.4, 0.5) is 0 Å². The van der Waals surface area contributed by atoms with Crippen molar-refractivity contribution < 1.29 is 4.42 Å². The minimum absolute atomic E-state index is 0.686. The number of furan rings is 1. The van der Waals surface area contributed by atoms with Gasteiger partial charge in [0, 0.05) is 6.20 Å². The highest BCUT2D eigenvalue weighted by atomic mass is 79.9. The van der Waals surface area contributed by atoms with E-state index >= 15 is 0 Å². The average molecular weight is 277 g/mol. The molecule has 0 aliphatic carbocycles. The molecule has 11 heavy (non-hydrogen) atoms. The minimum atomic E-state index is 0.686. The number of hydrogen-bond donors (Lipinski definition) is 0. The van der Waals surface area contributed by atoms with Crippen LogP contribution in [0.5, 0.6) is 0 Å². The van der Waals surface area contributed by atoms with Gasteiger partial charge in [-0.1, -0.05) is 0 Å². The summed E-state index contributed by atoms with van der Waals surface area (Å²) in [4.78, 5) is 4.13. The maximum absolute atomic E-state index is 5.31. The van der Waals surface area contributed by atoms with Gasteiger partial charge in [-0.3, -0.25) is 4.98 Å². The lowest BCUT2D eigenvalue weighted by Gasteiger charge is -1.82. The molecule has 0 amide bonds. The molecular formula is C7H3Br2NO. The Bertz CT molecular complexity index is 396. The number of halogens is 2. The highest BCUT2D eigenvalue weighted by molar-refractivity contribution is 9.13. The van der Waals surface area contributed by atoms with Crippen LogP contribution < -0.4 is 0 Å². The Kier molecular flexibility index (Phi) is 1.73. The number of aromatic nitrogens is 1. The summed E-state index contributed by atoms with van der Waals surface area (Å²) < 4.78 is 6.86. The fourth-order valence-corrected chi connectivity index (χ4v) is 1.61. The second kappa shape index (κ2) is 2.60. The summed E-state index contributed by atoms with van der Waals surface area (Å²) >= 11 is 6.60. The number of hydrogen-bond acceptors (Lipinski definition) is 2. The summed E-state index contributed by atoms with van der Waals surface area (Å²) in [6, 6.07) is 3.71. The zero-order chi connectivity index (χ0) is 7.84. The van der Waals surface area contributed by atoms with E-state index in [1.807, 2.05) is 12.1 Å². The van der Waals surface area contributed by atoms with Gasteiger partial charge in [-0.25, -0.2) is 0 Å². The molecule has 0 saturated heterocycles. The molecule has 2 aromatic rings. The zero-order valence-electron chi connectivity index (χ0n) is 5.34. The van der Waals surface area contributed by atoms with Gasteiger partial charge in [-0.15, -0.1) is 0 Å². The molecule has 0 N–H and O–H groups in total. The zero-order valence-corrected chi connectivity index (χ0v) is 8.52. The van der Waals surface area contributed by atoms with E-state index in [2.05, 4.69) is 36.8 Å². The van der Waals surface area contributed by atoms with Gasteiger partial charge in [0.1, 0.15) is 5.52 Å². The van der Waals surface area contributed by atoms with Crippen LogP contribution in [0.3, 0.4) is 0 Å². The minimum Gasteiger partial charge on any atom is -0.446 e. The van der Waals surface area contributed by atoms with Gasteiger partial charge >= 0.3 is 0 Å². The van der Waals surface area contributed by atoms with Crippen molar-refractivity contribution in [3.05, 3.63) is 27.5 Å². The molecule has 0 bridgehead atoms. The molecule has 0 fully saturated rings. The van der Waals surface area contributed by atoms with Crippen molar-refractivity contribution >= 4 is 43.0 Å². The molecular weight excluding hydrogens is 274 g/mol. The Labute approximate surface area is 79.9 Å². The van der Waals surface area contributed by atoms with Crippen LogP contribution in [-0.2, 0) is 0 Å². The number of rotatable bonds is 0. The van der Waals surface area contributed by atoms with E-state index in [4.69, 9.17) is 4.42 Å². The van der Waals surface area contributed by atoms with Crippen molar-refractivity contribution in [1.29, 1.82) is 0 Å². The molecule has 2 aromatic heterocycles. The normalized spacial score (nSPS) is 10.7. The van der Waals surface area contributed by atoms with Gasteiger partial charge in [0.2, 0.25) is 0 Å². The topological polar surface area (TPSA) is 26.0 Å². The SMILES string of the molecule is Brc1oc2cccnc2c1Br. The smallest absolute Gasteiger partial charge is 0.186 e. The van der Waals surface area contributed by atoms with Gasteiger partial charge < -0.3 is 4.42 Å². The Morgan fingerprint density at radius 2 is 2.18 bits per heavy atom. The largest absolute Gasteiger partial charge is 0.446 e. The van der Waals surface area contributed by atoms with Crippen LogP contribution in [0.1, 0.15) is 0 Å². The predicted octanol–water partition coefficient (Wildman–Crippen LogP) is 3.35. The van der Waals surface area contributed by atoms with E-state index in [0.29, 0.717) is 4.67 Å². The van der Waals surface area contributed by atoms with Crippen LogP contribution in [0.15, 0.2) is 31.9 Å². The lowest BCUT2D eigenvalue weighted by atomic mass is 10.4. The van der Waals surface area contributed by atoms with Crippen LogP contribution in [0.2, 0.25) is 0 Å². The van der Waals surface area contributed by atoms with Crippen molar-refractivity contribution in [3.8, 4) is 0 Å². The molecule has 0 aliphatic heterocycles. The molecule has 0 saturated carbocycles. The van der Waals surface area contributed by atoms with Crippen LogP contribution in [0, 0.1) is 0 Å². The van der Waals surface area contributed by atoms with Crippen molar-refractivity contribution in [2.45, 2.75) is 0 Å². The Balaban J connectivity index is 2.92. The molecule has 0 aliphatic rings. The van der Waals surface area contributed by atoms with E-state index in [0.717, 1.165) is 15.6 Å². The van der Waals surface area contributed by atoms with Gasteiger partial charge in [-0.05, 0) is 44.0 Å². The number of nitrogens with zero attached hydrogens (tertiary/aromatic N) is 1. The third kappa shape index (κ3) is 1.10. The Morgan fingerprint density at radius 3 is 2.91 bits per heavy atom. The third-order valence-corrected chi connectivity index (χ3v) is 3.18. The van der Waals surface area contributed by atoms with Gasteiger partial charge in [0.05, 0.1) is 4.47 Å². The summed E-state index contributed by atoms with van der Waals surface area (Å²) in [5.41, 5.74) is 1.63. The van der Waals surface area contributed by atoms with Crippen molar-refractivity contribution in [2.75, 3.05) is 0 Å². The maximum Gasteiger partial charge on any atom is 0.186 e. The van der Waals surface area contributed by atoms with Crippen molar-refractivity contribution in [2.24, 2.45) is 0 Å². The monoisotopic (exact) mass is 275 g/mol. The Hall–Kier alpha value is -0.350. The van der Waals surface area contributed by atoms with Crippen LogP contribution >= 0.6 is 31.9 Å². The summed E-state index contributed by atoms with van der Waals surface area (Å²) in [5, 5.41) is 0. The van der Waals surface area contributed by atoms with E-state index in [1.54, 1.807) is 6.20 Å². The second-order valence-corrected chi connectivity index (χ2v) is 3.55. The fraction of sp³-hybridized carbons (Fsp3) is 0. The van der Waals surface area contributed by atoms with Gasteiger partial charge in [-0.2, -0.15) is 0 Å². The van der Waals surface area contributed by atoms with E-state index < -0.39 is 0 Å². The predicted molar refractivity (Wildman–Crippen MR) is 49.4 cm³/mol. The molecule has 4 heteroatoms. The van der Waals surface area contributed by atoms with Gasteiger partial charge in [0.25, 0.3) is 0 Å². The second-order valence-electron chi connectivity index (χ2n) is 2.04. The first-order valence-electron chi connectivity index (χ1n) is 2.97. The lowest BCUT2D eigenvalue weighted by Crippen LogP contribution is -1.69. The number of fused-ring (bicyclic) bond motifs is 1. The molecule has 0 atom stereocenters. The molecule has 56 valence electrons. The number of pyridine rings is 1. The van der Waals surface area contributed by atoms with Gasteiger partial charge in [0.15, 0.2) is 10.3 Å². The molecule has 0 radical (unpaired) electrons. The molecule has 2 nitrogen and oxygen atoms in total. The summed E-state index contributed by atoms with van der Waals surface area (Å²) in [6.45, 7) is 0. The molecule has 2 heterocycles. The summed E-state index contributed by atoms with van der Waals surface area (Å²) in [5.74, 6) is 0. The summed E-state index contributed by atoms with van der Waals surface area (Å²) in [7, 11) is 0. The van der Waals surface area contributed by atoms with Crippen molar-refractivity contribution in [3.63, 3.8) is 0 Å². The highest BCUT2D eigenvalue weighted by Gasteiger charge is 2.08. The highest BCUT2D eigenvalue weighted by Crippen LogP contribution is 2.32. The maximum atomic E-state index is 5.31. The van der Waals surface area contributed by atoms with E-state index in [1.165, 1.54) is 0 Å². The average Bonchev–Trinajstić information content (AvgIpc) is 2.30. The third-order valence-electron chi connectivity index (χ3n) is 1.35. The van der Waals surface area contributed by atoms with E-state index in [-0.39, 0.29) is 0 Å². The molecule has 2 rings (SSSR count).